The molecule has 1 aliphatic rings. The van der Waals surface area contributed by atoms with E-state index in [1.54, 1.807) is 0 Å². The maximum atomic E-state index is 6.18. The summed E-state index contributed by atoms with van der Waals surface area (Å²) in [7, 11) is 0. The van der Waals surface area contributed by atoms with Gasteiger partial charge in [-0.1, -0.05) is 60.2 Å². The van der Waals surface area contributed by atoms with E-state index in [9.17, 15) is 0 Å². The molecule has 0 aliphatic carbocycles. The van der Waals surface area contributed by atoms with Crippen molar-refractivity contribution >= 4 is 11.6 Å². The van der Waals surface area contributed by atoms with Gasteiger partial charge in [0.05, 0.1) is 6.04 Å². The Morgan fingerprint density at radius 3 is 2.41 bits per heavy atom. The smallest absolute Gasteiger partial charge is 0.0975 e. The van der Waals surface area contributed by atoms with Crippen LogP contribution in [0, 0.1) is 11.8 Å². The molecular formula is C20H20ClN. The highest BCUT2D eigenvalue weighted by Gasteiger charge is 2.20. The van der Waals surface area contributed by atoms with Crippen LogP contribution in [0.15, 0.2) is 54.6 Å². The summed E-state index contributed by atoms with van der Waals surface area (Å²) in [4.78, 5) is 2.48. The SMILES string of the molecule is Clc1cccc(C(C#Cc2ccccc2)N2CCCCC2)c1. The van der Waals surface area contributed by atoms with Crippen molar-refractivity contribution in [3.63, 3.8) is 0 Å². The van der Waals surface area contributed by atoms with Crippen molar-refractivity contribution in [2.24, 2.45) is 0 Å². The second kappa shape index (κ2) is 7.49. The Labute approximate surface area is 137 Å². The normalized spacial score (nSPS) is 16.6. The van der Waals surface area contributed by atoms with Gasteiger partial charge in [0.15, 0.2) is 0 Å². The van der Waals surface area contributed by atoms with Gasteiger partial charge >= 0.3 is 0 Å². The quantitative estimate of drug-likeness (QED) is 0.712. The Morgan fingerprint density at radius 2 is 1.68 bits per heavy atom. The van der Waals surface area contributed by atoms with Gasteiger partial charge < -0.3 is 0 Å². The Bertz CT molecular complexity index is 663. The molecule has 22 heavy (non-hydrogen) atoms. The van der Waals surface area contributed by atoms with Crippen molar-refractivity contribution in [2.75, 3.05) is 13.1 Å². The van der Waals surface area contributed by atoms with E-state index in [1.165, 1.54) is 24.8 Å². The molecule has 1 heterocycles. The average molecular weight is 310 g/mol. The minimum Gasteiger partial charge on any atom is -0.286 e. The van der Waals surface area contributed by atoms with Crippen LogP contribution in [-0.4, -0.2) is 18.0 Å². The van der Waals surface area contributed by atoms with Crippen LogP contribution in [0.25, 0.3) is 0 Å². The van der Waals surface area contributed by atoms with Crippen molar-refractivity contribution in [3.05, 3.63) is 70.7 Å². The standard InChI is InChI=1S/C20H20ClN/c21-19-11-7-10-18(16-19)20(22-14-5-2-6-15-22)13-12-17-8-3-1-4-9-17/h1,3-4,7-11,16,20H,2,5-6,14-15H2. The average Bonchev–Trinajstić information content (AvgIpc) is 2.57. The first-order valence-electron chi connectivity index (χ1n) is 7.89. The van der Waals surface area contributed by atoms with Gasteiger partial charge in [0, 0.05) is 10.6 Å². The maximum absolute atomic E-state index is 6.18. The van der Waals surface area contributed by atoms with Gasteiger partial charge in [-0.3, -0.25) is 4.90 Å². The van der Waals surface area contributed by atoms with Crippen molar-refractivity contribution < 1.29 is 0 Å². The van der Waals surface area contributed by atoms with E-state index in [0.717, 1.165) is 23.7 Å². The largest absolute Gasteiger partial charge is 0.286 e. The number of hydrogen-bond donors (Lipinski definition) is 0. The van der Waals surface area contributed by atoms with E-state index in [0.29, 0.717) is 0 Å². The maximum Gasteiger partial charge on any atom is 0.0975 e. The molecule has 0 radical (unpaired) electrons. The van der Waals surface area contributed by atoms with E-state index >= 15 is 0 Å². The molecule has 0 bridgehead atoms. The lowest BCUT2D eigenvalue weighted by molar-refractivity contribution is 0.197. The van der Waals surface area contributed by atoms with Crippen LogP contribution in [0.4, 0.5) is 0 Å². The number of benzene rings is 2. The summed E-state index contributed by atoms with van der Waals surface area (Å²) >= 11 is 6.18. The van der Waals surface area contributed by atoms with Gasteiger partial charge in [-0.2, -0.15) is 0 Å². The molecule has 1 fully saturated rings. The second-order valence-electron chi connectivity index (χ2n) is 5.69. The summed E-state index contributed by atoms with van der Waals surface area (Å²) in [6.45, 7) is 2.22. The van der Waals surface area contributed by atoms with Crippen LogP contribution < -0.4 is 0 Å². The van der Waals surface area contributed by atoms with Crippen molar-refractivity contribution in [2.45, 2.75) is 25.3 Å². The number of rotatable bonds is 2. The zero-order chi connectivity index (χ0) is 15.2. The summed E-state index contributed by atoms with van der Waals surface area (Å²) < 4.78 is 0. The highest BCUT2D eigenvalue weighted by molar-refractivity contribution is 6.30. The third kappa shape index (κ3) is 3.91. The summed E-state index contributed by atoms with van der Waals surface area (Å²) in [5.41, 5.74) is 2.25. The van der Waals surface area contributed by atoms with Crippen molar-refractivity contribution in [1.29, 1.82) is 0 Å². The third-order valence-corrected chi connectivity index (χ3v) is 4.28. The van der Waals surface area contributed by atoms with Crippen molar-refractivity contribution in [1.82, 2.24) is 4.90 Å². The molecular weight excluding hydrogens is 290 g/mol. The molecule has 2 aromatic rings. The summed E-state index contributed by atoms with van der Waals surface area (Å²) in [6, 6.07) is 18.4. The molecule has 1 aliphatic heterocycles. The topological polar surface area (TPSA) is 3.24 Å². The molecule has 0 saturated carbocycles. The lowest BCUT2D eigenvalue weighted by Gasteiger charge is -2.31. The Hall–Kier alpha value is -1.75. The van der Waals surface area contributed by atoms with Gasteiger partial charge in [-0.05, 0) is 55.8 Å². The molecule has 1 saturated heterocycles. The Balaban J connectivity index is 1.91. The first-order valence-corrected chi connectivity index (χ1v) is 8.27. The summed E-state index contributed by atoms with van der Waals surface area (Å²) in [5.74, 6) is 6.79. The molecule has 112 valence electrons. The van der Waals surface area contributed by atoms with Crippen LogP contribution >= 0.6 is 11.6 Å². The van der Waals surface area contributed by atoms with Crippen molar-refractivity contribution in [3.8, 4) is 11.8 Å². The zero-order valence-corrected chi connectivity index (χ0v) is 13.4. The van der Waals surface area contributed by atoms with E-state index in [4.69, 9.17) is 11.6 Å². The van der Waals surface area contributed by atoms with Gasteiger partial charge in [-0.15, -0.1) is 0 Å². The Morgan fingerprint density at radius 1 is 0.909 bits per heavy atom. The van der Waals surface area contributed by atoms with E-state index < -0.39 is 0 Å². The molecule has 2 aromatic carbocycles. The van der Waals surface area contributed by atoms with E-state index in [1.807, 2.05) is 36.4 Å². The molecule has 0 spiro atoms. The van der Waals surface area contributed by atoms with Gasteiger partial charge in [0.1, 0.15) is 0 Å². The first-order chi connectivity index (χ1) is 10.8. The lowest BCUT2D eigenvalue weighted by Crippen LogP contribution is -2.33. The van der Waals surface area contributed by atoms with Crippen LogP contribution in [0.5, 0.6) is 0 Å². The molecule has 1 unspecified atom stereocenters. The summed E-state index contributed by atoms with van der Waals surface area (Å²) in [6.07, 6.45) is 3.83. The molecule has 2 heteroatoms. The number of halogens is 1. The van der Waals surface area contributed by atoms with E-state index in [2.05, 4.69) is 34.9 Å². The third-order valence-electron chi connectivity index (χ3n) is 4.05. The number of likely N-dealkylation sites (tertiary alicyclic amines) is 1. The molecule has 3 rings (SSSR count). The van der Waals surface area contributed by atoms with Crippen LogP contribution in [0.3, 0.4) is 0 Å². The highest BCUT2D eigenvalue weighted by Crippen LogP contribution is 2.26. The highest BCUT2D eigenvalue weighted by atomic mass is 35.5. The molecule has 0 N–H and O–H groups in total. The summed E-state index contributed by atoms with van der Waals surface area (Å²) in [5, 5.41) is 0.779. The molecule has 1 nitrogen and oxygen atoms in total. The minimum absolute atomic E-state index is 0.124. The fourth-order valence-electron chi connectivity index (χ4n) is 2.91. The van der Waals surface area contributed by atoms with Crippen LogP contribution in [0.1, 0.15) is 36.4 Å². The second-order valence-corrected chi connectivity index (χ2v) is 6.13. The lowest BCUT2D eigenvalue weighted by atomic mass is 10.0. The molecule has 1 atom stereocenters. The number of hydrogen-bond acceptors (Lipinski definition) is 1. The predicted octanol–water partition coefficient (Wildman–Crippen LogP) is 4.92. The monoisotopic (exact) mass is 309 g/mol. The van der Waals surface area contributed by atoms with Gasteiger partial charge in [-0.25, -0.2) is 0 Å². The predicted molar refractivity (Wildman–Crippen MR) is 92.9 cm³/mol. The van der Waals surface area contributed by atoms with Crippen LogP contribution in [0.2, 0.25) is 5.02 Å². The fraction of sp³-hybridized carbons (Fsp3) is 0.300. The molecule has 0 aromatic heterocycles. The molecule has 0 amide bonds. The Kier molecular flexibility index (Phi) is 5.16. The number of piperidine rings is 1. The fourth-order valence-corrected chi connectivity index (χ4v) is 3.11. The first kappa shape index (κ1) is 15.2. The minimum atomic E-state index is 0.124. The van der Waals surface area contributed by atoms with Gasteiger partial charge in [0.2, 0.25) is 0 Å². The van der Waals surface area contributed by atoms with E-state index in [-0.39, 0.29) is 6.04 Å². The van der Waals surface area contributed by atoms with Crippen LogP contribution in [-0.2, 0) is 0 Å². The van der Waals surface area contributed by atoms with Gasteiger partial charge in [0.25, 0.3) is 0 Å². The zero-order valence-electron chi connectivity index (χ0n) is 12.6. The number of nitrogens with zero attached hydrogens (tertiary/aromatic N) is 1.